The Labute approximate surface area is 152 Å². The highest BCUT2D eigenvalue weighted by Crippen LogP contribution is 2.35. The molecule has 0 saturated carbocycles. The second kappa shape index (κ2) is 7.06. The quantitative estimate of drug-likeness (QED) is 0.679. The fourth-order valence-corrected chi connectivity index (χ4v) is 2.89. The summed E-state index contributed by atoms with van der Waals surface area (Å²) in [6.45, 7) is 3.98. The molecule has 0 saturated heterocycles. The summed E-state index contributed by atoms with van der Waals surface area (Å²) in [5.74, 6) is 0.863. The molecule has 3 aromatic rings. The lowest BCUT2D eigenvalue weighted by Gasteiger charge is -2.09. The number of fused-ring (bicyclic) bond motifs is 1. The highest BCUT2D eigenvalue weighted by molar-refractivity contribution is 9.10. The zero-order valence-corrected chi connectivity index (χ0v) is 15.3. The summed E-state index contributed by atoms with van der Waals surface area (Å²) in [5.41, 5.74) is 1.08. The van der Waals surface area contributed by atoms with Gasteiger partial charge >= 0.3 is 0 Å². The second-order valence-corrected chi connectivity index (χ2v) is 6.17. The molecule has 2 aromatic carbocycles. The van der Waals surface area contributed by atoms with Crippen molar-refractivity contribution in [3.63, 3.8) is 0 Å². The topological polar surface area (TPSA) is 76.7 Å². The van der Waals surface area contributed by atoms with Crippen molar-refractivity contribution >= 4 is 33.0 Å². The largest absolute Gasteiger partial charge is 0.503 e. The number of aryl methyl sites for hydroxylation is 1. The van der Waals surface area contributed by atoms with Crippen molar-refractivity contribution in [2.45, 2.75) is 13.8 Å². The number of phenolic OH excluding ortho intramolecular Hbond substituents is 1. The molecule has 25 heavy (non-hydrogen) atoms. The highest BCUT2D eigenvalue weighted by Gasteiger charge is 2.09. The fourth-order valence-electron chi connectivity index (χ4n) is 2.43. The van der Waals surface area contributed by atoms with Gasteiger partial charge in [0.1, 0.15) is 5.82 Å². The van der Waals surface area contributed by atoms with E-state index in [1.807, 2.05) is 13.0 Å². The molecule has 0 atom stereocenters. The monoisotopic (exact) mass is 401 g/mol. The van der Waals surface area contributed by atoms with Crippen molar-refractivity contribution in [1.29, 1.82) is 0 Å². The maximum Gasteiger partial charge on any atom is 0.282 e. The highest BCUT2D eigenvalue weighted by atomic mass is 79.9. The van der Waals surface area contributed by atoms with Crippen molar-refractivity contribution < 1.29 is 9.84 Å². The molecule has 0 aliphatic rings. The maximum absolute atomic E-state index is 12.6. The van der Waals surface area contributed by atoms with Crippen molar-refractivity contribution in [2.24, 2.45) is 5.10 Å². The Morgan fingerprint density at radius 3 is 2.88 bits per heavy atom. The molecule has 3 rings (SSSR count). The van der Waals surface area contributed by atoms with Crippen LogP contribution < -0.4 is 10.3 Å². The summed E-state index contributed by atoms with van der Waals surface area (Å²) in [6.07, 6.45) is 1.53. The number of aromatic hydroxyl groups is 1. The third-order valence-corrected chi connectivity index (χ3v) is 4.19. The minimum Gasteiger partial charge on any atom is -0.503 e. The smallest absolute Gasteiger partial charge is 0.282 e. The number of rotatable bonds is 4. The summed E-state index contributed by atoms with van der Waals surface area (Å²) in [7, 11) is 0. The van der Waals surface area contributed by atoms with E-state index in [9.17, 15) is 9.90 Å². The van der Waals surface area contributed by atoms with Crippen LogP contribution in [-0.2, 0) is 0 Å². The van der Waals surface area contributed by atoms with E-state index >= 15 is 0 Å². The molecule has 0 unspecified atom stereocenters. The molecule has 6 nitrogen and oxygen atoms in total. The first kappa shape index (κ1) is 17.2. The number of hydrogen-bond acceptors (Lipinski definition) is 5. The summed E-state index contributed by atoms with van der Waals surface area (Å²) in [5, 5.41) is 14.7. The normalized spacial score (nSPS) is 11.3. The zero-order valence-electron chi connectivity index (χ0n) is 13.7. The van der Waals surface area contributed by atoms with E-state index in [-0.39, 0.29) is 11.3 Å². The fraction of sp³-hybridized carbons (Fsp3) is 0.167. The molecule has 1 aromatic heterocycles. The average molecular weight is 402 g/mol. The van der Waals surface area contributed by atoms with E-state index < -0.39 is 0 Å². The van der Waals surface area contributed by atoms with Crippen LogP contribution in [0, 0.1) is 6.92 Å². The Hall–Kier alpha value is -2.67. The lowest BCUT2D eigenvalue weighted by Crippen LogP contribution is -2.20. The first-order valence-electron chi connectivity index (χ1n) is 7.69. The molecule has 0 amide bonds. The number of para-hydroxylation sites is 1. The third-order valence-electron chi connectivity index (χ3n) is 3.59. The lowest BCUT2D eigenvalue weighted by atomic mass is 10.2. The number of phenols is 1. The van der Waals surface area contributed by atoms with Gasteiger partial charge in [-0.3, -0.25) is 4.79 Å². The van der Waals surface area contributed by atoms with Gasteiger partial charge in [-0.05, 0) is 59.6 Å². The van der Waals surface area contributed by atoms with E-state index in [0.717, 1.165) is 0 Å². The number of hydrogen-bond donors (Lipinski definition) is 1. The van der Waals surface area contributed by atoms with Crippen LogP contribution in [0.4, 0.5) is 0 Å². The molecule has 0 bridgehead atoms. The molecule has 0 fully saturated rings. The lowest BCUT2D eigenvalue weighted by molar-refractivity contribution is 0.317. The van der Waals surface area contributed by atoms with Crippen molar-refractivity contribution in [3.8, 4) is 11.5 Å². The molecule has 1 heterocycles. The number of benzene rings is 2. The van der Waals surface area contributed by atoms with Crippen LogP contribution in [-0.4, -0.2) is 27.6 Å². The van der Waals surface area contributed by atoms with Crippen molar-refractivity contribution in [1.82, 2.24) is 9.66 Å². The van der Waals surface area contributed by atoms with Gasteiger partial charge in [0.2, 0.25) is 0 Å². The summed E-state index contributed by atoms with van der Waals surface area (Å²) in [6, 6.07) is 10.5. The van der Waals surface area contributed by atoms with Gasteiger partial charge in [-0.15, -0.1) is 0 Å². The predicted molar refractivity (Wildman–Crippen MR) is 101 cm³/mol. The molecule has 0 spiro atoms. The van der Waals surface area contributed by atoms with Crippen LogP contribution in [0.1, 0.15) is 18.3 Å². The standard InChI is InChI=1S/C18H16BrN3O3/c1-3-25-16-9-12(8-14(19)17(16)23)10-20-22-11(2)21-15-7-5-4-6-13(15)18(22)24/h4-10,23H,3H2,1-2H3/b20-10-. The zero-order chi connectivity index (χ0) is 18.0. The Balaban J connectivity index is 2.06. The van der Waals surface area contributed by atoms with Crippen LogP contribution in [0.15, 0.2) is 50.8 Å². The van der Waals surface area contributed by atoms with Gasteiger partial charge in [-0.1, -0.05) is 12.1 Å². The van der Waals surface area contributed by atoms with E-state index in [1.54, 1.807) is 37.3 Å². The number of ether oxygens (including phenoxy) is 1. The molecule has 0 radical (unpaired) electrons. The Bertz CT molecular complexity index is 1030. The van der Waals surface area contributed by atoms with E-state index in [4.69, 9.17) is 4.74 Å². The maximum atomic E-state index is 12.6. The van der Waals surface area contributed by atoms with Gasteiger partial charge in [0.05, 0.1) is 28.2 Å². The van der Waals surface area contributed by atoms with Crippen LogP contribution in [0.25, 0.3) is 10.9 Å². The summed E-state index contributed by atoms with van der Waals surface area (Å²) >= 11 is 3.28. The van der Waals surface area contributed by atoms with Gasteiger partial charge in [-0.2, -0.15) is 9.78 Å². The van der Waals surface area contributed by atoms with Crippen molar-refractivity contribution in [3.05, 3.63) is 62.6 Å². The van der Waals surface area contributed by atoms with Crippen LogP contribution in [0.2, 0.25) is 0 Å². The van der Waals surface area contributed by atoms with Gasteiger partial charge in [0.25, 0.3) is 5.56 Å². The first-order valence-corrected chi connectivity index (χ1v) is 8.48. The Morgan fingerprint density at radius 2 is 2.12 bits per heavy atom. The molecule has 128 valence electrons. The van der Waals surface area contributed by atoms with Gasteiger partial charge in [-0.25, -0.2) is 4.98 Å². The SMILES string of the molecule is CCOc1cc(/C=N\n2c(C)nc3ccccc3c2=O)cc(Br)c1O. The Kier molecular flexibility index (Phi) is 4.85. The van der Waals surface area contributed by atoms with Gasteiger partial charge in [0, 0.05) is 0 Å². The molecule has 1 N–H and O–H groups in total. The van der Waals surface area contributed by atoms with Gasteiger partial charge < -0.3 is 9.84 Å². The molecular formula is C18H16BrN3O3. The summed E-state index contributed by atoms with van der Waals surface area (Å²) < 4.78 is 7.13. The minimum absolute atomic E-state index is 0.0275. The molecule has 0 aliphatic heterocycles. The number of nitrogens with zero attached hydrogens (tertiary/aromatic N) is 3. The van der Waals surface area contributed by atoms with E-state index in [1.165, 1.54) is 10.9 Å². The number of aromatic nitrogens is 2. The predicted octanol–water partition coefficient (Wildman–Crippen LogP) is 3.45. The Morgan fingerprint density at radius 1 is 1.36 bits per heavy atom. The van der Waals surface area contributed by atoms with E-state index in [2.05, 4.69) is 26.0 Å². The third kappa shape index (κ3) is 3.41. The van der Waals surface area contributed by atoms with E-state index in [0.29, 0.717) is 39.1 Å². The molecule has 0 aliphatic carbocycles. The molecule has 7 heteroatoms. The minimum atomic E-state index is -0.234. The van der Waals surface area contributed by atoms with Crippen LogP contribution in [0.3, 0.4) is 0 Å². The van der Waals surface area contributed by atoms with Crippen molar-refractivity contribution in [2.75, 3.05) is 6.61 Å². The second-order valence-electron chi connectivity index (χ2n) is 5.32. The first-order chi connectivity index (χ1) is 12.0. The molecular weight excluding hydrogens is 386 g/mol. The number of halogens is 1. The average Bonchev–Trinajstić information content (AvgIpc) is 2.59. The van der Waals surface area contributed by atoms with Crippen LogP contribution in [0.5, 0.6) is 11.5 Å². The van der Waals surface area contributed by atoms with Gasteiger partial charge in [0.15, 0.2) is 11.5 Å². The summed E-state index contributed by atoms with van der Waals surface area (Å²) in [4.78, 5) is 17.0. The van der Waals surface area contributed by atoms with Crippen LogP contribution >= 0.6 is 15.9 Å².